The Morgan fingerprint density at radius 3 is 2.35 bits per heavy atom. The van der Waals surface area contributed by atoms with Gasteiger partial charge in [0.25, 0.3) is 10.1 Å². The summed E-state index contributed by atoms with van der Waals surface area (Å²) in [5.74, 6) is 1.04. The fourth-order valence-electron chi connectivity index (χ4n) is 6.16. The number of allylic oxidation sites excluding steroid dienone is 3. The van der Waals surface area contributed by atoms with Crippen LogP contribution in [-0.4, -0.2) is 13.0 Å². The van der Waals surface area contributed by atoms with Gasteiger partial charge in [0.2, 0.25) is 0 Å². The second kappa shape index (κ2) is 11.0. The lowest BCUT2D eigenvalue weighted by molar-refractivity contribution is 0.483. The molecule has 0 saturated carbocycles. The van der Waals surface area contributed by atoms with Crippen molar-refractivity contribution in [1.82, 2.24) is 0 Å². The van der Waals surface area contributed by atoms with Gasteiger partial charge in [-0.05, 0) is 92.6 Å². The zero-order chi connectivity index (χ0) is 30.5. The molecule has 1 atom stereocenters. The maximum absolute atomic E-state index is 12.5. The molecule has 0 spiro atoms. The maximum atomic E-state index is 12.5. The number of nitrogens with zero attached hydrogens (tertiary/aromatic N) is 1. The van der Waals surface area contributed by atoms with Gasteiger partial charge < -0.3 is 9.73 Å². The van der Waals surface area contributed by atoms with E-state index in [4.69, 9.17) is 9.41 Å². The predicted molar refractivity (Wildman–Crippen MR) is 173 cm³/mol. The molecule has 6 rings (SSSR count). The third-order valence-electron chi connectivity index (χ3n) is 8.07. The summed E-state index contributed by atoms with van der Waals surface area (Å²) >= 11 is 0. The normalized spacial score (nSPS) is 16.2. The van der Waals surface area contributed by atoms with Gasteiger partial charge in [0.05, 0.1) is 11.1 Å². The largest absolute Gasteiger partial charge is 0.456 e. The topological polar surface area (TPSA) is 91.9 Å². The van der Waals surface area contributed by atoms with Crippen LogP contribution in [0.2, 0.25) is 0 Å². The van der Waals surface area contributed by atoms with E-state index in [2.05, 4.69) is 58.1 Å². The zero-order valence-corrected chi connectivity index (χ0v) is 25.7. The highest BCUT2D eigenvalue weighted by molar-refractivity contribution is 7.86. The molecule has 0 fully saturated rings. The summed E-state index contributed by atoms with van der Waals surface area (Å²) in [6, 6.07) is 24.2. The second-order valence-corrected chi connectivity index (χ2v) is 12.9. The van der Waals surface area contributed by atoms with Gasteiger partial charge in [-0.25, -0.2) is 4.99 Å². The van der Waals surface area contributed by atoms with Crippen molar-refractivity contribution in [3.8, 4) is 22.5 Å². The lowest BCUT2D eigenvalue weighted by Gasteiger charge is -2.19. The lowest BCUT2D eigenvalue weighted by Crippen LogP contribution is -2.08. The summed E-state index contributed by atoms with van der Waals surface area (Å²) in [4.78, 5) is 4.84. The van der Waals surface area contributed by atoms with E-state index in [9.17, 15) is 13.0 Å². The van der Waals surface area contributed by atoms with Crippen molar-refractivity contribution < 1.29 is 17.4 Å². The van der Waals surface area contributed by atoms with Crippen molar-refractivity contribution in [3.63, 3.8) is 0 Å². The molecule has 3 aliphatic rings. The number of hydrogen-bond donors (Lipinski definition) is 2. The number of para-hydroxylation sites is 1. The van der Waals surface area contributed by atoms with Crippen LogP contribution in [0.1, 0.15) is 38.3 Å². The molecule has 43 heavy (non-hydrogen) atoms. The monoisotopic (exact) mass is 590 g/mol. The third-order valence-corrected chi connectivity index (χ3v) is 8.98. The van der Waals surface area contributed by atoms with Gasteiger partial charge in [-0.2, -0.15) is 8.42 Å². The predicted octanol–water partition coefficient (Wildman–Crippen LogP) is 8.97. The van der Waals surface area contributed by atoms with E-state index >= 15 is 0 Å². The van der Waals surface area contributed by atoms with Crippen LogP contribution in [0.15, 0.2) is 116 Å². The van der Waals surface area contributed by atoms with Crippen LogP contribution in [0.25, 0.3) is 33.4 Å². The van der Waals surface area contributed by atoms with Gasteiger partial charge in [-0.15, -0.1) is 0 Å². The number of anilines is 2. The van der Waals surface area contributed by atoms with Crippen molar-refractivity contribution in [2.24, 2.45) is 10.9 Å². The van der Waals surface area contributed by atoms with Crippen LogP contribution in [0, 0.1) is 19.8 Å². The van der Waals surface area contributed by atoms with Crippen LogP contribution in [0.3, 0.4) is 0 Å². The molecular weight excluding hydrogens is 556 g/mol. The molecular formula is C36H34N2O4S. The van der Waals surface area contributed by atoms with Gasteiger partial charge in [-0.1, -0.05) is 49.4 Å². The van der Waals surface area contributed by atoms with Crippen LogP contribution >= 0.6 is 0 Å². The molecule has 0 aromatic heterocycles. The minimum absolute atomic E-state index is 0.159. The maximum Gasteiger partial charge on any atom is 0.295 e. The molecule has 1 aliphatic heterocycles. The SMILES string of the molecule is CC1=CC(C)CC(C)=C1N=c1ccc2c(-c3ccccc3S(=O)(=O)O)c3ccc(Nc4c(C)cccc4C)cc3oc-2c1. The van der Waals surface area contributed by atoms with Crippen LogP contribution in [-0.2, 0) is 10.1 Å². The number of aryl methyl sites for hydroxylation is 2. The summed E-state index contributed by atoms with van der Waals surface area (Å²) in [6.45, 7) is 10.5. The van der Waals surface area contributed by atoms with Gasteiger partial charge in [-0.3, -0.25) is 4.55 Å². The number of fused-ring (bicyclic) bond motifs is 2. The van der Waals surface area contributed by atoms with Crippen molar-refractivity contribution >= 4 is 32.5 Å². The quantitative estimate of drug-likeness (QED) is 0.157. The van der Waals surface area contributed by atoms with Crippen LogP contribution < -0.4 is 10.7 Å². The molecule has 6 nitrogen and oxygen atoms in total. The van der Waals surface area contributed by atoms with E-state index in [1.165, 1.54) is 11.6 Å². The Kier molecular flexibility index (Phi) is 7.32. The minimum Gasteiger partial charge on any atom is -0.456 e. The first-order valence-electron chi connectivity index (χ1n) is 14.3. The number of benzene rings is 4. The fourth-order valence-corrected chi connectivity index (χ4v) is 6.86. The van der Waals surface area contributed by atoms with Gasteiger partial charge in [0.1, 0.15) is 16.2 Å². The molecule has 0 radical (unpaired) electrons. The average molecular weight is 591 g/mol. The number of hydrogen-bond acceptors (Lipinski definition) is 5. The Morgan fingerprint density at radius 2 is 1.63 bits per heavy atom. The highest BCUT2D eigenvalue weighted by atomic mass is 32.2. The molecule has 218 valence electrons. The van der Waals surface area contributed by atoms with Crippen molar-refractivity contribution in [3.05, 3.63) is 118 Å². The molecule has 2 N–H and O–H groups in total. The molecule has 0 saturated heterocycles. The molecule has 0 amide bonds. The number of rotatable bonds is 5. The number of nitrogens with one attached hydrogen (secondary N) is 1. The third kappa shape index (κ3) is 5.54. The highest BCUT2D eigenvalue weighted by Gasteiger charge is 2.24. The molecule has 1 heterocycles. The second-order valence-electron chi connectivity index (χ2n) is 11.5. The Labute approximate surface area is 252 Å². The first-order chi connectivity index (χ1) is 20.5. The first-order valence-corrected chi connectivity index (χ1v) is 15.8. The van der Waals surface area contributed by atoms with Gasteiger partial charge in [0.15, 0.2) is 0 Å². The first kappa shape index (κ1) is 28.6. The average Bonchev–Trinajstić information content (AvgIpc) is 2.95. The Morgan fingerprint density at radius 1 is 0.884 bits per heavy atom. The summed E-state index contributed by atoms with van der Waals surface area (Å²) in [5, 5.41) is 4.99. The molecule has 3 aromatic carbocycles. The van der Waals surface area contributed by atoms with E-state index in [1.54, 1.807) is 18.2 Å². The van der Waals surface area contributed by atoms with Crippen LogP contribution in [0.4, 0.5) is 11.4 Å². The lowest BCUT2D eigenvalue weighted by atomic mass is 9.90. The summed E-state index contributed by atoms with van der Waals surface area (Å²) in [5.41, 5.74) is 9.82. The van der Waals surface area contributed by atoms with Crippen molar-refractivity contribution in [1.29, 1.82) is 0 Å². The van der Waals surface area contributed by atoms with E-state index in [0.717, 1.165) is 50.9 Å². The van der Waals surface area contributed by atoms with Crippen LogP contribution in [0.5, 0.6) is 0 Å². The van der Waals surface area contributed by atoms with E-state index in [-0.39, 0.29) is 4.90 Å². The summed E-state index contributed by atoms with van der Waals surface area (Å²) in [6.07, 6.45) is 3.21. The minimum atomic E-state index is -4.50. The Balaban J connectivity index is 1.61. The Hall–Kier alpha value is -4.46. The highest BCUT2D eigenvalue weighted by Crippen LogP contribution is 2.43. The molecule has 7 heteroatoms. The fraction of sp³-hybridized carbons (Fsp3) is 0.194. The van der Waals surface area contributed by atoms with E-state index in [0.29, 0.717) is 34.0 Å². The molecule has 1 unspecified atom stereocenters. The summed E-state index contributed by atoms with van der Waals surface area (Å²) < 4.78 is 41.6. The van der Waals surface area contributed by atoms with Crippen molar-refractivity contribution in [2.45, 2.75) is 45.9 Å². The molecule has 2 aliphatic carbocycles. The standard InChI is InChI=1S/C36H34N2O4S/c1-21-17-24(4)36(25(5)18-21)38-27-14-16-29-32(20-27)42-31-19-26(37-35-22(2)9-8-10-23(35)3)13-15-28(31)34(29)30-11-6-7-12-33(30)43(39,40)41/h6-17,19-21,37H,18H2,1-5H3,(H,39,40,41). The van der Waals surface area contributed by atoms with E-state index < -0.39 is 10.1 Å². The van der Waals surface area contributed by atoms with Gasteiger partial charge >= 0.3 is 0 Å². The molecule has 0 bridgehead atoms. The van der Waals surface area contributed by atoms with Crippen molar-refractivity contribution in [2.75, 3.05) is 5.32 Å². The van der Waals surface area contributed by atoms with Gasteiger partial charge in [0, 0.05) is 45.6 Å². The summed E-state index contributed by atoms with van der Waals surface area (Å²) in [7, 11) is -4.50. The van der Waals surface area contributed by atoms with E-state index in [1.807, 2.05) is 42.5 Å². The smallest absolute Gasteiger partial charge is 0.295 e. The zero-order valence-electron chi connectivity index (χ0n) is 24.9. The Bertz CT molecular complexity index is 2100. The molecule has 3 aromatic rings.